The topological polar surface area (TPSA) is 52.6 Å². The number of hydrogen-bond donors (Lipinski definition) is 0. The minimum Gasteiger partial charge on any atom is -0.496 e. The van der Waals surface area contributed by atoms with Crippen LogP contribution in [0.25, 0.3) is 0 Å². The third-order valence-corrected chi connectivity index (χ3v) is 3.49. The number of Topliss-reactive ketones (excluding diaryl/α,β-unsaturated/α-hetero) is 2. The summed E-state index contributed by atoms with van der Waals surface area (Å²) in [5.41, 5.74) is -0.432. The van der Waals surface area contributed by atoms with Crippen LogP contribution in [0.5, 0.6) is 11.5 Å². The van der Waals surface area contributed by atoms with Gasteiger partial charge in [-0.2, -0.15) is 0 Å². The van der Waals surface area contributed by atoms with Gasteiger partial charge in [0.1, 0.15) is 15.8 Å². The van der Waals surface area contributed by atoms with Crippen molar-refractivity contribution in [1.29, 1.82) is 0 Å². The van der Waals surface area contributed by atoms with Crippen molar-refractivity contribution >= 4 is 34.8 Å². The Morgan fingerprint density at radius 2 is 1.53 bits per heavy atom. The van der Waals surface area contributed by atoms with Gasteiger partial charge in [-0.05, 0) is 0 Å². The normalized spacial score (nSPS) is 14.6. The zero-order chi connectivity index (χ0) is 14.3. The van der Waals surface area contributed by atoms with Gasteiger partial charge in [0.15, 0.2) is 11.6 Å². The number of ether oxygens (including phenoxy) is 2. The quantitative estimate of drug-likeness (QED) is 0.843. The summed E-state index contributed by atoms with van der Waals surface area (Å²) in [5, 5.41) is -0.892. The Labute approximate surface area is 117 Å². The predicted molar refractivity (Wildman–Crippen MR) is 66.9 cm³/mol. The number of hydrogen-bond acceptors (Lipinski definition) is 4. The molecule has 0 atom stereocenters. The Morgan fingerprint density at radius 1 is 1.00 bits per heavy atom. The highest BCUT2D eigenvalue weighted by molar-refractivity contribution is 6.59. The van der Waals surface area contributed by atoms with Crippen molar-refractivity contribution in [2.75, 3.05) is 14.2 Å². The zero-order valence-corrected chi connectivity index (χ0v) is 11.4. The average molecular weight is 305 g/mol. The molecule has 0 bridgehead atoms. The van der Waals surface area contributed by atoms with Gasteiger partial charge in [-0.1, -0.05) is 23.2 Å². The molecule has 7 heteroatoms. The van der Waals surface area contributed by atoms with E-state index in [1.807, 2.05) is 0 Å². The van der Waals surface area contributed by atoms with Crippen LogP contribution in [0.1, 0.15) is 20.7 Å². The maximum absolute atomic E-state index is 13.8. The lowest BCUT2D eigenvalue weighted by Gasteiger charge is -2.19. The van der Waals surface area contributed by atoms with Gasteiger partial charge in [0.2, 0.25) is 11.6 Å². The Hall–Kier alpha value is -1.59. The molecule has 0 aliphatic heterocycles. The van der Waals surface area contributed by atoms with Crippen molar-refractivity contribution in [2.45, 2.75) is 0 Å². The van der Waals surface area contributed by atoms with Gasteiger partial charge >= 0.3 is 0 Å². The summed E-state index contributed by atoms with van der Waals surface area (Å²) in [6, 6.07) is 0.951. The molecular weight excluding hydrogens is 298 g/mol. The van der Waals surface area contributed by atoms with E-state index in [-0.39, 0.29) is 22.6 Å². The van der Waals surface area contributed by atoms with Gasteiger partial charge in [-0.3, -0.25) is 9.59 Å². The molecule has 1 aromatic carbocycles. The van der Waals surface area contributed by atoms with Crippen molar-refractivity contribution in [3.63, 3.8) is 0 Å². The number of fused-ring (bicyclic) bond motifs is 1. The SMILES string of the molecule is COc1cc(F)c(OC)c2c1C(=O)C(Cl)=C(Cl)C2=O. The second-order valence-electron chi connectivity index (χ2n) is 3.63. The molecule has 2 rings (SSSR count). The minimum atomic E-state index is -0.832. The highest BCUT2D eigenvalue weighted by Crippen LogP contribution is 2.41. The Bertz CT molecular complexity index is 637. The van der Waals surface area contributed by atoms with Crippen LogP contribution in [0.2, 0.25) is 0 Å². The third-order valence-electron chi connectivity index (χ3n) is 2.67. The average Bonchev–Trinajstić information content (AvgIpc) is 2.41. The van der Waals surface area contributed by atoms with E-state index in [1.54, 1.807) is 0 Å². The van der Waals surface area contributed by atoms with Crippen LogP contribution >= 0.6 is 23.2 Å². The number of carbonyl (C=O) groups excluding carboxylic acids is 2. The lowest BCUT2D eigenvalue weighted by Crippen LogP contribution is -2.20. The summed E-state index contributed by atoms with van der Waals surface area (Å²) in [4.78, 5) is 24.1. The summed E-state index contributed by atoms with van der Waals surface area (Å²) in [6.07, 6.45) is 0. The van der Waals surface area contributed by atoms with Crippen LogP contribution in [-0.2, 0) is 0 Å². The summed E-state index contributed by atoms with van der Waals surface area (Å²) in [7, 11) is 2.42. The first kappa shape index (κ1) is 13.8. The Kier molecular flexibility index (Phi) is 3.52. The number of halogens is 3. The van der Waals surface area contributed by atoms with E-state index in [0.717, 1.165) is 6.07 Å². The monoisotopic (exact) mass is 304 g/mol. The molecule has 1 aliphatic rings. The lowest BCUT2D eigenvalue weighted by molar-refractivity contribution is 0.0981. The molecule has 0 heterocycles. The highest BCUT2D eigenvalue weighted by atomic mass is 35.5. The lowest BCUT2D eigenvalue weighted by atomic mass is 9.92. The van der Waals surface area contributed by atoms with Crippen LogP contribution < -0.4 is 9.47 Å². The van der Waals surface area contributed by atoms with E-state index < -0.39 is 27.4 Å². The van der Waals surface area contributed by atoms with E-state index in [9.17, 15) is 14.0 Å². The Morgan fingerprint density at radius 3 is 2.00 bits per heavy atom. The van der Waals surface area contributed by atoms with E-state index in [4.69, 9.17) is 32.7 Å². The Balaban J connectivity index is 2.90. The van der Waals surface area contributed by atoms with Crippen LogP contribution in [0.4, 0.5) is 4.39 Å². The summed E-state index contributed by atoms with van der Waals surface area (Å²) < 4.78 is 23.5. The molecule has 0 unspecified atom stereocenters. The third kappa shape index (κ3) is 1.89. The number of benzene rings is 1. The number of methoxy groups -OCH3 is 2. The maximum atomic E-state index is 13.8. The molecule has 100 valence electrons. The molecule has 4 nitrogen and oxygen atoms in total. The number of rotatable bonds is 2. The first-order valence-corrected chi connectivity index (χ1v) is 5.78. The van der Waals surface area contributed by atoms with Crippen molar-refractivity contribution < 1.29 is 23.5 Å². The standard InChI is InChI=1S/C12H7Cl2FO4/c1-18-5-3-4(15)12(19-2)7-6(5)10(16)8(13)9(14)11(7)17/h3H,1-2H3. The highest BCUT2D eigenvalue weighted by Gasteiger charge is 2.37. The summed E-state index contributed by atoms with van der Waals surface area (Å²) >= 11 is 11.4. The fourth-order valence-electron chi connectivity index (χ4n) is 1.83. The molecule has 0 fully saturated rings. The molecular formula is C12H7Cl2FO4. The maximum Gasteiger partial charge on any atom is 0.210 e. The number of carbonyl (C=O) groups is 2. The zero-order valence-electron chi connectivity index (χ0n) is 9.84. The van der Waals surface area contributed by atoms with Gasteiger partial charge in [0, 0.05) is 6.07 Å². The summed E-state index contributed by atoms with van der Waals surface area (Å²) in [5.74, 6) is -2.79. The van der Waals surface area contributed by atoms with Gasteiger partial charge in [-0.25, -0.2) is 4.39 Å². The van der Waals surface area contributed by atoms with E-state index in [0.29, 0.717) is 0 Å². The number of ketones is 2. The second kappa shape index (κ2) is 4.83. The van der Waals surface area contributed by atoms with Crippen molar-refractivity contribution in [1.82, 2.24) is 0 Å². The fraction of sp³-hybridized carbons (Fsp3) is 0.167. The molecule has 0 aromatic heterocycles. The van der Waals surface area contributed by atoms with Crippen LogP contribution in [0.3, 0.4) is 0 Å². The molecule has 1 aliphatic carbocycles. The predicted octanol–water partition coefficient (Wildman–Crippen LogP) is 2.91. The number of allylic oxidation sites excluding steroid dienone is 2. The molecule has 0 amide bonds. The van der Waals surface area contributed by atoms with Crippen LogP contribution in [0, 0.1) is 5.82 Å². The first-order chi connectivity index (χ1) is 8.93. The second-order valence-corrected chi connectivity index (χ2v) is 4.39. The molecule has 1 aromatic rings. The molecule has 0 radical (unpaired) electrons. The van der Waals surface area contributed by atoms with Crippen molar-refractivity contribution in [3.05, 3.63) is 33.1 Å². The van der Waals surface area contributed by atoms with Gasteiger partial charge in [0.05, 0.1) is 25.3 Å². The summed E-state index contributed by atoms with van der Waals surface area (Å²) in [6.45, 7) is 0. The van der Waals surface area contributed by atoms with Gasteiger partial charge in [-0.15, -0.1) is 0 Å². The molecule has 19 heavy (non-hydrogen) atoms. The largest absolute Gasteiger partial charge is 0.496 e. The van der Waals surface area contributed by atoms with E-state index >= 15 is 0 Å². The van der Waals surface area contributed by atoms with Crippen LogP contribution in [-0.4, -0.2) is 25.8 Å². The van der Waals surface area contributed by atoms with Gasteiger partial charge < -0.3 is 9.47 Å². The molecule has 0 spiro atoms. The van der Waals surface area contributed by atoms with Crippen LogP contribution in [0.15, 0.2) is 16.1 Å². The minimum absolute atomic E-state index is 0.103. The first-order valence-electron chi connectivity index (χ1n) is 5.03. The van der Waals surface area contributed by atoms with Gasteiger partial charge in [0.25, 0.3) is 0 Å². The van der Waals surface area contributed by atoms with E-state index in [1.165, 1.54) is 14.2 Å². The fourth-order valence-corrected chi connectivity index (χ4v) is 2.19. The molecule has 0 N–H and O–H groups in total. The van der Waals surface area contributed by atoms with E-state index in [2.05, 4.69) is 0 Å². The molecule has 0 saturated heterocycles. The smallest absolute Gasteiger partial charge is 0.210 e. The van der Waals surface area contributed by atoms with Crippen molar-refractivity contribution in [3.8, 4) is 11.5 Å². The molecule has 0 saturated carbocycles. The van der Waals surface area contributed by atoms with Crippen molar-refractivity contribution in [2.24, 2.45) is 0 Å².